The maximum Gasteiger partial charge on any atom is 0.318 e. The van der Waals surface area contributed by atoms with E-state index in [0.717, 1.165) is 11.1 Å². The van der Waals surface area contributed by atoms with Crippen molar-refractivity contribution in [2.45, 2.75) is 26.4 Å². The fourth-order valence-electron chi connectivity index (χ4n) is 2.86. The summed E-state index contributed by atoms with van der Waals surface area (Å²) >= 11 is 14.0. The Hall–Kier alpha value is -2.01. The number of carbonyl (C=O) groups is 1. The third-order valence-corrected chi connectivity index (χ3v) is 6.14. The van der Waals surface area contributed by atoms with Crippen LogP contribution in [0.1, 0.15) is 21.6 Å². The minimum Gasteiger partial charge on any atom is -0.334 e. The van der Waals surface area contributed by atoms with Gasteiger partial charge in [0.15, 0.2) is 0 Å². The second-order valence-electron chi connectivity index (χ2n) is 6.58. The van der Waals surface area contributed by atoms with E-state index in [-0.39, 0.29) is 6.03 Å². The monoisotopic (exact) mass is 432 g/mol. The molecule has 0 fully saturated rings. The highest BCUT2D eigenvalue weighted by Gasteiger charge is 2.16. The van der Waals surface area contributed by atoms with Crippen LogP contribution in [0.5, 0.6) is 0 Å². The maximum atomic E-state index is 12.9. The minimum absolute atomic E-state index is 0.0817. The number of hydrogen-bond donors (Lipinski definition) is 1. The second kappa shape index (κ2) is 9.97. The Balaban J connectivity index is 1.68. The van der Waals surface area contributed by atoms with Crippen molar-refractivity contribution in [2.24, 2.45) is 0 Å². The first-order valence-electron chi connectivity index (χ1n) is 9.06. The molecule has 0 aliphatic rings. The van der Waals surface area contributed by atoms with E-state index in [2.05, 4.69) is 23.7 Å². The summed E-state index contributed by atoms with van der Waals surface area (Å²) in [6.45, 7) is 3.72. The number of nitrogens with zero attached hydrogens (tertiary/aromatic N) is 1. The predicted molar refractivity (Wildman–Crippen MR) is 118 cm³/mol. The number of hydrogen-bond acceptors (Lipinski definition) is 2. The number of aryl methyl sites for hydroxylation is 1. The maximum absolute atomic E-state index is 12.9. The van der Waals surface area contributed by atoms with Gasteiger partial charge in [0.2, 0.25) is 0 Å². The Labute approximate surface area is 179 Å². The van der Waals surface area contributed by atoms with Gasteiger partial charge in [-0.15, -0.1) is 11.3 Å². The molecule has 1 heterocycles. The molecule has 2 aromatic carbocycles. The lowest BCUT2D eigenvalue weighted by molar-refractivity contribution is 0.195. The summed E-state index contributed by atoms with van der Waals surface area (Å²) in [6, 6.07) is 17.4. The van der Waals surface area contributed by atoms with Crippen LogP contribution in [-0.2, 0) is 19.5 Å². The SMILES string of the molecule is Cc1ccsc1CN(CCc1ccc(Cl)cc1Cl)C(=O)NCc1ccccc1. The molecule has 146 valence electrons. The van der Waals surface area contributed by atoms with Gasteiger partial charge in [-0.2, -0.15) is 0 Å². The van der Waals surface area contributed by atoms with Gasteiger partial charge in [-0.25, -0.2) is 4.79 Å². The van der Waals surface area contributed by atoms with E-state index < -0.39 is 0 Å². The van der Waals surface area contributed by atoms with Gasteiger partial charge >= 0.3 is 6.03 Å². The normalized spacial score (nSPS) is 10.7. The Morgan fingerprint density at radius 2 is 1.89 bits per heavy atom. The Kier molecular flexibility index (Phi) is 7.37. The fraction of sp³-hybridized carbons (Fsp3) is 0.227. The van der Waals surface area contributed by atoms with Crippen molar-refractivity contribution < 1.29 is 4.79 Å². The molecular weight excluding hydrogens is 411 g/mol. The molecule has 0 aliphatic carbocycles. The molecule has 0 aliphatic heterocycles. The third-order valence-electron chi connectivity index (χ3n) is 4.54. The molecule has 28 heavy (non-hydrogen) atoms. The van der Waals surface area contributed by atoms with Crippen LogP contribution in [0.2, 0.25) is 10.0 Å². The largest absolute Gasteiger partial charge is 0.334 e. The summed E-state index contributed by atoms with van der Waals surface area (Å²) in [7, 11) is 0. The number of rotatable bonds is 7. The van der Waals surface area contributed by atoms with Gasteiger partial charge in [0.05, 0.1) is 6.54 Å². The zero-order valence-corrected chi connectivity index (χ0v) is 17.9. The van der Waals surface area contributed by atoms with Crippen molar-refractivity contribution in [3.8, 4) is 0 Å². The van der Waals surface area contributed by atoms with E-state index in [1.807, 2.05) is 47.4 Å². The highest BCUT2D eigenvalue weighted by molar-refractivity contribution is 7.10. The number of amides is 2. The van der Waals surface area contributed by atoms with Crippen molar-refractivity contribution in [1.29, 1.82) is 0 Å². The molecule has 2 amide bonds. The predicted octanol–water partition coefficient (Wildman–Crippen LogP) is 6.32. The van der Waals surface area contributed by atoms with Crippen LogP contribution in [0, 0.1) is 6.92 Å². The quantitative estimate of drug-likeness (QED) is 0.465. The zero-order valence-electron chi connectivity index (χ0n) is 15.6. The standard InChI is InChI=1S/C22H22Cl2N2OS/c1-16-10-12-28-21(16)15-26(11-9-18-7-8-19(23)13-20(18)24)22(27)25-14-17-5-3-2-4-6-17/h2-8,10,12-13H,9,11,14-15H2,1H3,(H,25,27). The van der Waals surface area contributed by atoms with Crippen molar-refractivity contribution in [3.05, 3.63) is 91.6 Å². The molecule has 1 aromatic heterocycles. The Bertz CT molecular complexity index is 927. The van der Waals surface area contributed by atoms with Crippen LogP contribution < -0.4 is 5.32 Å². The van der Waals surface area contributed by atoms with Gasteiger partial charge in [0.1, 0.15) is 0 Å². The zero-order chi connectivity index (χ0) is 19.9. The van der Waals surface area contributed by atoms with Crippen LogP contribution in [0.3, 0.4) is 0 Å². The summed E-state index contributed by atoms with van der Waals surface area (Å²) in [5.74, 6) is 0. The average Bonchev–Trinajstić information content (AvgIpc) is 3.09. The number of halogens is 2. The Morgan fingerprint density at radius 3 is 2.57 bits per heavy atom. The molecule has 0 bridgehead atoms. The van der Waals surface area contributed by atoms with Gasteiger partial charge in [-0.3, -0.25) is 0 Å². The fourth-order valence-corrected chi connectivity index (χ4v) is 4.28. The summed E-state index contributed by atoms with van der Waals surface area (Å²) < 4.78 is 0. The van der Waals surface area contributed by atoms with E-state index in [1.165, 1.54) is 10.4 Å². The van der Waals surface area contributed by atoms with Crippen LogP contribution >= 0.6 is 34.5 Å². The smallest absolute Gasteiger partial charge is 0.318 e. The highest BCUT2D eigenvalue weighted by Crippen LogP contribution is 2.23. The van der Waals surface area contributed by atoms with E-state index in [1.54, 1.807) is 17.4 Å². The first-order chi connectivity index (χ1) is 13.5. The Morgan fingerprint density at radius 1 is 1.11 bits per heavy atom. The number of carbonyl (C=O) groups excluding carboxylic acids is 1. The van der Waals surface area contributed by atoms with Gasteiger partial charge in [-0.05, 0) is 53.6 Å². The van der Waals surface area contributed by atoms with Gasteiger partial charge < -0.3 is 10.2 Å². The van der Waals surface area contributed by atoms with E-state index >= 15 is 0 Å². The molecule has 0 saturated carbocycles. The van der Waals surface area contributed by atoms with Crippen molar-refractivity contribution in [2.75, 3.05) is 6.54 Å². The molecular formula is C22H22Cl2N2OS. The summed E-state index contributed by atoms with van der Waals surface area (Å²) in [5, 5.41) is 6.33. The lowest BCUT2D eigenvalue weighted by Gasteiger charge is -2.23. The number of benzene rings is 2. The number of thiophene rings is 1. The van der Waals surface area contributed by atoms with Crippen molar-refractivity contribution in [3.63, 3.8) is 0 Å². The molecule has 0 spiro atoms. The molecule has 0 radical (unpaired) electrons. The first-order valence-corrected chi connectivity index (χ1v) is 10.7. The van der Waals surface area contributed by atoms with Crippen molar-refractivity contribution in [1.82, 2.24) is 10.2 Å². The first kappa shape index (κ1) is 20.7. The molecule has 0 atom stereocenters. The van der Waals surface area contributed by atoms with E-state index in [4.69, 9.17) is 23.2 Å². The highest BCUT2D eigenvalue weighted by atomic mass is 35.5. The van der Waals surface area contributed by atoms with Crippen LogP contribution in [0.15, 0.2) is 60.0 Å². The number of urea groups is 1. The van der Waals surface area contributed by atoms with E-state index in [0.29, 0.717) is 36.1 Å². The third kappa shape index (κ3) is 5.74. The lowest BCUT2D eigenvalue weighted by atomic mass is 10.1. The molecule has 3 rings (SSSR count). The topological polar surface area (TPSA) is 32.3 Å². The van der Waals surface area contributed by atoms with Crippen molar-refractivity contribution >= 4 is 40.6 Å². The second-order valence-corrected chi connectivity index (χ2v) is 8.42. The molecule has 3 nitrogen and oxygen atoms in total. The van der Waals surface area contributed by atoms with Gasteiger partial charge in [-0.1, -0.05) is 59.6 Å². The molecule has 1 N–H and O–H groups in total. The summed E-state index contributed by atoms with van der Waals surface area (Å²) in [6.07, 6.45) is 0.666. The average molecular weight is 433 g/mol. The van der Waals surface area contributed by atoms with Gasteiger partial charge in [0, 0.05) is 28.0 Å². The lowest BCUT2D eigenvalue weighted by Crippen LogP contribution is -2.40. The minimum atomic E-state index is -0.0817. The molecule has 0 unspecified atom stereocenters. The van der Waals surface area contributed by atoms with Crippen LogP contribution in [0.25, 0.3) is 0 Å². The van der Waals surface area contributed by atoms with Gasteiger partial charge in [0.25, 0.3) is 0 Å². The molecule has 0 saturated heterocycles. The molecule has 3 aromatic rings. The summed E-state index contributed by atoms with van der Waals surface area (Å²) in [5.41, 5.74) is 3.26. The number of nitrogens with one attached hydrogen (secondary N) is 1. The van der Waals surface area contributed by atoms with Crippen LogP contribution in [-0.4, -0.2) is 17.5 Å². The van der Waals surface area contributed by atoms with E-state index in [9.17, 15) is 4.79 Å². The van der Waals surface area contributed by atoms with Crippen LogP contribution in [0.4, 0.5) is 4.79 Å². The summed E-state index contributed by atoms with van der Waals surface area (Å²) in [4.78, 5) is 15.9. The molecule has 6 heteroatoms.